The SMILES string of the molecule is Cc1nc(C)n(C[C@@H]2CCCN2c2cnc3ccccc3n2)n1. The van der Waals surface area contributed by atoms with Gasteiger partial charge in [0.25, 0.3) is 0 Å². The fraction of sp³-hybridized carbons (Fsp3) is 0.412. The molecule has 1 atom stereocenters. The van der Waals surface area contributed by atoms with Crippen LogP contribution in [0.4, 0.5) is 5.82 Å². The molecular formula is C17H20N6. The zero-order chi connectivity index (χ0) is 15.8. The average Bonchev–Trinajstić information content (AvgIpc) is 3.14. The van der Waals surface area contributed by atoms with Crippen molar-refractivity contribution in [2.45, 2.75) is 39.3 Å². The molecule has 0 saturated carbocycles. The molecule has 0 N–H and O–H groups in total. The lowest BCUT2D eigenvalue weighted by Gasteiger charge is -2.25. The summed E-state index contributed by atoms with van der Waals surface area (Å²) in [5.74, 6) is 2.76. The molecule has 0 radical (unpaired) electrons. The number of nitrogens with zero attached hydrogens (tertiary/aromatic N) is 6. The smallest absolute Gasteiger partial charge is 0.148 e. The van der Waals surface area contributed by atoms with Crippen molar-refractivity contribution in [2.75, 3.05) is 11.4 Å². The number of fused-ring (bicyclic) bond motifs is 1. The van der Waals surface area contributed by atoms with Gasteiger partial charge in [-0.25, -0.2) is 14.6 Å². The van der Waals surface area contributed by atoms with Crippen LogP contribution in [0.1, 0.15) is 24.5 Å². The highest BCUT2D eigenvalue weighted by atomic mass is 15.4. The summed E-state index contributed by atoms with van der Waals surface area (Å²) < 4.78 is 2.01. The van der Waals surface area contributed by atoms with Gasteiger partial charge in [0, 0.05) is 6.54 Å². The molecule has 1 saturated heterocycles. The van der Waals surface area contributed by atoms with Crippen molar-refractivity contribution in [2.24, 2.45) is 0 Å². The molecule has 1 fully saturated rings. The van der Waals surface area contributed by atoms with Crippen molar-refractivity contribution >= 4 is 16.9 Å². The van der Waals surface area contributed by atoms with Crippen LogP contribution in [0.25, 0.3) is 11.0 Å². The highest BCUT2D eigenvalue weighted by molar-refractivity contribution is 5.75. The monoisotopic (exact) mass is 308 g/mol. The van der Waals surface area contributed by atoms with E-state index >= 15 is 0 Å². The number of rotatable bonds is 3. The molecule has 6 heteroatoms. The van der Waals surface area contributed by atoms with Crippen molar-refractivity contribution in [1.82, 2.24) is 24.7 Å². The molecule has 0 bridgehead atoms. The lowest BCUT2D eigenvalue weighted by molar-refractivity contribution is 0.495. The maximum absolute atomic E-state index is 4.79. The maximum atomic E-state index is 4.79. The molecule has 118 valence electrons. The molecule has 3 heterocycles. The zero-order valence-electron chi connectivity index (χ0n) is 13.5. The summed E-state index contributed by atoms with van der Waals surface area (Å²) >= 11 is 0. The molecule has 1 aromatic carbocycles. The second-order valence-corrected chi connectivity index (χ2v) is 6.09. The first kappa shape index (κ1) is 14.1. The van der Waals surface area contributed by atoms with E-state index in [1.165, 1.54) is 6.42 Å². The Labute approximate surface area is 135 Å². The number of anilines is 1. The van der Waals surface area contributed by atoms with Crippen molar-refractivity contribution in [3.05, 3.63) is 42.1 Å². The Morgan fingerprint density at radius 3 is 2.74 bits per heavy atom. The average molecular weight is 308 g/mol. The Balaban J connectivity index is 1.62. The molecule has 0 aliphatic carbocycles. The van der Waals surface area contributed by atoms with Crippen LogP contribution in [0.2, 0.25) is 0 Å². The largest absolute Gasteiger partial charge is 0.350 e. The third-order valence-corrected chi connectivity index (χ3v) is 4.45. The lowest BCUT2D eigenvalue weighted by atomic mass is 10.2. The lowest BCUT2D eigenvalue weighted by Crippen LogP contribution is -2.34. The summed E-state index contributed by atoms with van der Waals surface area (Å²) in [4.78, 5) is 16.1. The highest BCUT2D eigenvalue weighted by Gasteiger charge is 2.27. The minimum absolute atomic E-state index is 0.394. The summed E-state index contributed by atoms with van der Waals surface area (Å²) in [5.41, 5.74) is 1.89. The summed E-state index contributed by atoms with van der Waals surface area (Å²) in [6.45, 7) is 5.81. The summed E-state index contributed by atoms with van der Waals surface area (Å²) in [5, 5.41) is 4.49. The fourth-order valence-corrected chi connectivity index (χ4v) is 3.35. The molecule has 0 unspecified atom stereocenters. The van der Waals surface area contributed by atoms with Crippen molar-refractivity contribution in [3.8, 4) is 0 Å². The normalized spacial score (nSPS) is 18.0. The van der Waals surface area contributed by atoms with Gasteiger partial charge in [-0.3, -0.25) is 4.98 Å². The van der Waals surface area contributed by atoms with Crippen LogP contribution in [-0.2, 0) is 6.54 Å². The van der Waals surface area contributed by atoms with Gasteiger partial charge in [-0.15, -0.1) is 0 Å². The molecule has 0 amide bonds. The predicted molar refractivity (Wildman–Crippen MR) is 89.4 cm³/mol. The molecule has 2 aromatic heterocycles. The summed E-state index contributed by atoms with van der Waals surface area (Å²) in [7, 11) is 0. The zero-order valence-corrected chi connectivity index (χ0v) is 13.5. The van der Waals surface area contributed by atoms with Crippen molar-refractivity contribution in [1.29, 1.82) is 0 Å². The number of aryl methyl sites for hydroxylation is 2. The van der Waals surface area contributed by atoms with Crippen molar-refractivity contribution < 1.29 is 0 Å². The molecule has 23 heavy (non-hydrogen) atoms. The van der Waals surface area contributed by atoms with E-state index in [1.54, 1.807) is 0 Å². The van der Waals surface area contributed by atoms with E-state index < -0.39 is 0 Å². The van der Waals surface area contributed by atoms with E-state index in [4.69, 9.17) is 4.98 Å². The first-order valence-electron chi connectivity index (χ1n) is 8.07. The molecular weight excluding hydrogens is 288 g/mol. The number of benzene rings is 1. The minimum Gasteiger partial charge on any atom is -0.350 e. The van der Waals surface area contributed by atoms with E-state index in [0.29, 0.717) is 6.04 Å². The van der Waals surface area contributed by atoms with Crippen LogP contribution in [-0.4, -0.2) is 37.3 Å². The third kappa shape index (κ3) is 2.65. The number of aromatic nitrogens is 5. The van der Waals surface area contributed by atoms with Crippen LogP contribution in [0.15, 0.2) is 30.5 Å². The predicted octanol–water partition coefficient (Wildman–Crippen LogP) is 2.51. The summed E-state index contributed by atoms with van der Waals surface area (Å²) in [6.07, 6.45) is 4.21. The van der Waals surface area contributed by atoms with Gasteiger partial charge in [-0.1, -0.05) is 12.1 Å². The Kier molecular flexibility index (Phi) is 3.44. The van der Waals surface area contributed by atoms with Crippen molar-refractivity contribution in [3.63, 3.8) is 0 Å². The number of hydrogen-bond donors (Lipinski definition) is 0. The number of para-hydroxylation sites is 2. The molecule has 1 aliphatic heterocycles. The maximum Gasteiger partial charge on any atom is 0.148 e. The topological polar surface area (TPSA) is 59.7 Å². The highest BCUT2D eigenvalue weighted by Crippen LogP contribution is 2.26. The van der Waals surface area contributed by atoms with E-state index in [2.05, 4.69) is 20.0 Å². The van der Waals surface area contributed by atoms with Crippen LogP contribution < -0.4 is 4.90 Å². The first-order valence-corrected chi connectivity index (χ1v) is 8.07. The Morgan fingerprint density at radius 1 is 1.13 bits per heavy atom. The molecule has 6 nitrogen and oxygen atoms in total. The second kappa shape index (κ2) is 5.61. The van der Waals surface area contributed by atoms with Gasteiger partial charge in [0.2, 0.25) is 0 Å². The van der Waals surface area contributed by atoms with Crippen LogP contribution in [0, 0.1) is 13.8 Å². The molecule has 0 spiro atoms. The quantitative estimate of drug-likeness (QED) is 0.744. The molecule has 1 aliphatic rings. The first-order chi connectivity index (χ1) is 11.2. The number of hydrogen-bond acceptors (Lipinski definition) is 5. The van der Waals surface area contributed by atoms with E-state index in [0.717, 1.165) is 48.0 Å². The Hall–Kier alpha value is -2.50. The van der Waals surface area contributed by atoms with E-state index in [1.807, 2.05) is 49.0 Å². The molecule has 4 rings (SSSR count). The standard InChI is InChI=1S/C17H20N6/c1-12-19-13(2)23(21-12)11-14-6-5-9-22(14)17-10-18-15-7-3-4-8-16(15)20-17/h3-4,7-8,10,14H,5-6,9,11H2,1-2H3/t14-/m0/s1. The van der Waals surface area contributed by atoms with Gasteiger partial charge in [0.15, 0.2) is 0 Å². The van der Waals surface area contributed by atoms with E-state index in [-0.39, 0.29) is 0 Å². The van der Waals surface area contributed by atoms with Gasteiger partial charge in [-0.05, 0) is 38.8 Å². The molecule has 3 aromatic rings. The van der Waals surface area contributed by atoms with Crippen LogP contribution >= 0.6 is 0 Å². The van der Waals surface area contributed by atoms with Crippen LogP contribution in [0.5, 0.6) is 0 Å². The third-order valence-electron chi connectivity index (χ3n) is 4.45. The van der Waals surface area contributed by atoms with Gasteiger partial charge in [0.05, 0.1) is 29.8 Å². The van der Waals surface area contributed by atoms with Gasteiger partial charge in [0.1, 0.15) is 17.5 Å². The fourth-order valence-electron chi connectivity index (χ4n) is 3.35. The second-order valence-electron chi connectivity index (χ2n) is 6.09. The van der Waals surface area contributed by atoms with Crippen LogP contribution in [0.3, 0.4) is 0 Å². The minimum atomic E-state index is 0.394. The van der Waals surface area contributed by atoms with E-state index in [9.17, 15) is 0 Å². The van der Waals surface area contributed by atoms with Gasteiger partial charge in [-0.2, -0.15) is 5.10 Å². The Bertz CT molecular complexity index is 840. The summed E-state index contributed by atoms with van der Waals surface area (Å²) in [6, 6.07) is 8.40. The Morgan fingerprint density at radius 2 is 1.96 bits per heavy atom. The van der Waals surface area contributed by atoms with Gasteiger partial charge < -0.3 is 4.90 Å². The van der Waals surface area contributed by atoms with Gasteiger partial charge >= 0.3 is 0 Å².